The van der Waals surface area contributed by atoms with E-state index in [0.717, 1.165) is 88.6 Å². The predicted octanol–water partition coefficient (Wildman–Crippen LogP) is 2.61. The number of aliphatic hydroxyl groups is 2. The summed E-state index contributed by atoms with van der Waals surface area (Å²) in [6.45, 7) is 9.01. The average Bonchev–Trinajstić information content (AvgIpc) is 3.44. The molecule has 1 aromatic carbocycles. The number of halogens is 2. The van der Waals surface area contributed by atoms with E-state index in [0.29, 0.717) is 24.4 Å². The molecule has 4 heterocycles. The van der Waals surface area contributed by atoms with Crippen LogP contribution < -0.4 is 20.9 Å². The minimum Gasteiger partial charge on any atom is -0.395 e. The summed E-state index contributed by atoms with van der Waals surface area (Å²) in [6, 6.07) is 7.02. The van der Waals surface area contributed by atoms with E-state index in [1.54, 1.807) is 0 Å². The molecule has 1 amide bonds. The number of amides is 1. The lowest BCUT2D eigenvalue weighted by atomic mass is 9.97. The van der Waals surface area contributed by atoms with Crippen LogP contribution >= 0.6 is 23.2 Å². The molecule has 13 heteroatoms. The fraction of sp³-hybridized carbons (Fsp3) is 0.633. The minimum absolute atomic E-state index is 0.0264. The van der Waals surface area contributed by atoms with Crippen LogP contribution in [-0.4, -0.2) is 113 Å². The van der Waals surface area contributed by atoms with Gasteiger partial charge in [0.25, 0.3) is 5.91 Å². The van der Waals surface area contributed by atoms with Crippen molar-refractivity contribution in [1.29, 1.82) is 0 Å². The largest absolute Gasteiger partial charge is 0.395 e. The van der Waals surface area contributed by atoms with Crippen LogP contribution in [0.25, 0.3) is 0 Å². The Hall–Kier alpha value is -2.41. The van der Waals surface area contributed by atoms with Crippen molar-refractivity contribution >= 4 is 46.4 Å². The van der Waals surface area contributed by atoms with Gasteiger partial charge in [0.05, 0.1) is 12.7 Å². The predicted molar refractivity (Wildman–Crippen MR) is 171 cm³/mol. The van der Waals surface area contributed by atoms with Crippen LogP contribution in [0.5, 0.6) is 0 Å². The van der Waals surface area contributed by atoms with E-state index in [1.807, 2.05) is 12.1 Å². The van der Waals surface area contributed by atoms with Gasteiger partial charge in [0.2, 0.25) is 0 Å². The molecule has 2 aromatic rings. The van der Waals surface area contributed by atoms with Crippen LogP contribution in [0.3, 0.4) is 0 Å². The zero-order chi connectivity index (χ0) is 30.5. The number of β-amino-alcohol motifs (C(OH)–C–C–N with tert-alkyl or cyclic N) is 1. The number of nitrogens with two attached hydrogens (primary N) is 1. The third-order valence-electron chi connectivity index (χ3n) is 8.90. The van der Waals surface area contributed by atoms with Gasteiger partial charge in [-0.15, -0.1) is 0 Å². The Morgan fingerprint density at radius 3 is 2.56 bits per heavy atom. The van der Waals surface area contributed by atoms with Crippen LogP contribution in [-0.2, 0) is 6.54 Å². The number of likely N-dealkylation sites (tertiary alicyclic amines) is 1. The Kier molecular flexibility index (Phi) is 10.8. The van der Waals surface area contributed by atoms with Crippen molar-refractivity contribution in [3.05, 3.63) is 39.6 Å². The summed E-state index contributed by atoms with van der Waals surface area (Å²) in [5, 5.41) is 22.5. The molecule has 3 aliphatic heterocycles. The van der Waals surface area contributed by atoms with E-state index in [9.17, 15) is 9.90 Å². The smallest absolute Gasteiger partial charge is 0.273 e. The normalized spacial score (nSPS) is 22.3. The van der Waals surface area contributed by atoms with Gasteiger partial charge in [-0.25, -0.2) is 9.97 Å². The van der Waals surface area contributed by atoms with Gasteiger partial charge in [0.1, 0.15) is 0 Å². The first-order valence-corrected chi connectivity index (χ1v) is 16.2. The number of anilines is 3. The molecule has 0 unspecified atom stereocenters. The van der Waals surface area contributed by atoms with Crippen molar-refractivity contribution in [3.63, 3.8) is 0 Å². The Labute approximate surface area is 263 Å². The summed E-state index contributed by atoms with van der Waals surface area (Å²) in [7, 11) is 0. The molecule has 5 N–H and O–H groups in total. The maximum Gasteiger partial charge on any atom is 0.273 e. The molecule has 0 aliphatic carbocycles. The first-order chi connectivity index (χ1) is 20.8. The van der Waals surface area contributed by atoms with Gasteiger partial charge in [-0.3, -0.25) is 14.6 Å². The van der Waals surface area contributed by atoms with Crippen LogP contribution in [0, 0.1) is 0 Å². The van der Waals surface area contributed by atoms with Gasteiger partial charge in [0, 0.05) is 68.6 Å². The number of benzene rings is 1. The van der Waals surface area contributed by atoms with E-state index in [-0.39, 0.29) is 35.9 Å². The second-order valence-electron chi connectivity index (χ2n) is 11.8. The maximum absolute atomic E-state index is 12.3. The van der Waals surface area contributed by atoms with Crippen LogP contribution in [0.4, 0.5) is 17.3 Å². The summed E-state index contributed by atoms with van der Waals surface area (Å²) in [5.74, 6) is 0.0359. The lowest BCUT2D eigenvalue weighted by Gasteiger charge is -2.48. The highest BCUT2D eigenvalue weighted by molar-refractivity contribution is 6.32. The third-order valence-corrected chi connectivity index (χ3v) is 9.39. The average molecular weight is 636 g/mol. The lowest BCUT2D eigenvalue weighted by Crippen LogP contribution is -2.58. The molecule has 3 aliphatic rings. The highest BCUT2D eigenvalue weighted by Crippen LogP contribution is 2.32. The zero-order valence-electron chi connectivity index (χ0n) is 24.9. The lowest BCUT2D eigenvalue weighted by molar-refractivity contribution is 0.0590. The van der Waals surface area contributed by atoms with E-state index >= 15 is 0 Å². The summed E-state index contributed by atoms with van der Waals surface area (Å²) < 4.78 is 0. The van der Waals surface area contributed by atoms with Crippen LogP contribution in [0.15, 0.2) is 18.2 Å². The summed E-state index contributed by atoms with van der Waals surface area (Å²) in [4.78, 5) is 30.7. The van der Waals surface area contributed by atoms with Crippen LogP contribution in [0.1, 0.15) is 55.1 Å². The van der Waals surface area contributed by atoms with Crippen molar-refractivity contribution in [2.45, 2.75) is 63.8 Å². The highest BCUT2D eigenvalue weighted by atomic mass is 35.5. The Bertz CT molecular complexity index is 1260. The summed E-state index contributed by atoms with van der Waals surface area (Å²) in [5.41, 5.74) is 8.50. The number of aromatic nitrogens is 2. The van der Waals surface area contributed by atoms with Crippen molar-refractivity contribution in [1.82, 2.24) is 25.1 Å². The number of aliphatic hydroxyl groups excluding tert-OH is 2. The van der Waals surface area contributed by atoms with Crippen molar-refractivity contribution in [3.8, 4) is 0 Å². The zero-order valence-corrected chi connectivity index (χ0v) is 26.4. The van der Waals surface area contributed by atoms with Gasteiger partial charge in [-0.1, -0.05) is 42.6 Å². The first-order valence-electron chi connectivity index (χ1n) is 15.4. The van der Waals surface area contributed by atoms with E-state index < -0.39 is 5.91 Å². The number of hydrogen-bond acceptors (Lipinski definition) is 10. The molecule has 236 valence electrons. The molecule has 0 bridgehead atoms. The Balaban J connectivity index is 1.20. The Morgan fingerprint density at radius 1 is 1.07 bits per heavy atom. The number of carbonyl (C=O) groups excluding carboxylic acids is 1. The van der Waals surface area contributed by atoms with Gasteiger partial charge in [0.15, 0.2) is 22.5 Å². The summed E-state index contributed by atoms with van der Waals surface area (Å²) >= 11 is 12.9. The SMILES string of the molecule is CCC[C@H]1CN(c2nc(N)c(C(=O)NCCO)nc2Cl)CCN1C1CCN(Cc2ccc(Cl)cc2N2CC[C@@H](O)C2)CC1. The Morgan fingerprint density at radius 2 is 1.86 bits per heavy atom. The molecule has 3 fully saturated rings. The molecule has 5 rings (SSSR count). The van der Waals surface area contributed by atoms with Crippen molar-refractivity contribution in [2.75, 3.05) is 74.5 Å². The monoisotopic (exact) mass is 634 g/mol. The second-order valence-corrected chi connectivity index (χ2v) is 12.6. The minimum atomic E-state index is -0.505. The number of piperazine rings is 1. The third kappa shape index (κ3) is 7.64. The topological polar surface area (TPSA) is 134 Å². The van der Waals surface area contributed by atoms with E-state index in [2.05, 4.69) is 47.9 Å². The molecule has 3 saturated heterocycles. The molecule has 0 saturated carbocycles. The standard InChI is InChI=1S/C30H44Cl2N8O3/c1-2-3-23-18-39(29-27(32)35-26(28(33)36-29)30(43)34-9-15-41)13-14-40(23)22-6-10-37(11-7-22)17-20-4-5-21(31)16-25(20)38-12-8-24(42)19-38/h4-5,16,22-24,41-42H,2-3,6-15,17-19H2,1H3,(H2,33,36)(H,34,43)/t23-,24+/m0/s1. The number of piperidine rings is 1. The van der Waals surface area contributed by atoms with Gasteiger partial charge in [-0.2, -0.15) is 0 Å². The number of nitrogens with zero attached hydrogens (tertiary/aromatic N) is 6. The second kappa shape index (κ2) is 14.6. The van der Waals surface area contributed by atoms with E-state index in [1.165, 1.54) is 5.56 Å². The molecule has 0 spiro atoms. The molecule has 1 aromatic heterocycles. The molecule has 43 heavy (non-hydrogen) atoms. The van der Waals surface area contributed by atoms with Gasteiger partial charge in [-0.05, 0) is 56.5 Å². The molecule has 0 radical (unpaired) electrons. The van der Waals surface area contributed by atoms with Crippen LogP contribution in [0.2, 0.25) is 10.2 Å². The number of nitrogen functional groups attached to an aromatic ring is 1. The van der Waals surface area contributed by atoms with Gasteiger partial charge < -0.3 is 31.1 Å². The maximum atomic E-state index is 12.3. The van der Waals surface area contributed by atoms with Crippen molar-refractivity contribution in [2.24, 2.45) is 0 Å². The number of nitrogens with one attached hydrogen (secondary N) is 1. The number of hydrogen-bond donors (Lipinski definition) is 4. The van der Waals surface area contributed by atoms with Crippen molar-refractivity contribution < 1.29 is 15.0 Å². The number of rotatable bonds is 10. The van der Waals surface area contributed by atoms with E-state index in [4.69, 9.17) is 34.0 Å². The molecular formula is C30H44Cl2N8O3. The molecule has 2 atom stereocenters. The summed E-state index contributed by atoms with van der Waals surface area (Å²) in [6.07, 6.45) is 4.87. The fourth-order valence-electron chi connectivity index (χ4n) is 6.75. The quantitative estimate of drug-likeness (QED) is 0.309. The molecule has 11 nitrogen and oxygen atoms in total. The highest BCUT2D eigenvalue weighted by Gasteiger charge is 2.35. The first kappa shape index (κ1) is 32.0. The van der Waals surface area contributed by atoms with Gasteiger partial charge >= 0.3 is 0 Å². The number of carbonyl (C=O) groups is 1. The molecular weight excluding hydrogens is 591 g/mol. The fourth-order valence-corrected chi connectivity index (χ4v) is 7.16.